The van der Waals surface area contributed by atoms with E-state index >= 15 is 0 Å². The summed E-state index contributed by atoms with van der Waals surface area (Å²) >= 11 is 0. The highest BCUT2D eigenvalue weighted by Gasteiger charge is 2.16. The second-order valence-electron chi connectivity index (χ2n) is 6.08. The van der Waals surface area contributed by atoms with E-state index in [2.05, 4.69) is 0 Å². The molecule has 26 heavy (non-hydrogen) atoms. The molecule has 0 aliphatic heterocycles. The van der Waals surface area contributed by atoms with Gasteiger partial charge in [-0.15, -0.1) is 0 Å². The number of anilines is 1. The lowest BCUT2D eigenvalue weighted by Crippen LogP contribution is -2.34. The summed E-state index contributed by atoms with van der Waals surface area (Å²) in [7, 11) is 1.78. The zero-order valence-corrected chi connectivity index (χ0v) is 15.6. The third-order valence-corrected chi connectivity index (χ3v) is 4.08. The van der Waals surface area contributed by atoms with Crippen LogP contribution >= 0.6 is 0 Å². The molecule has 0 unspecified atom stereocenters. The lowest BCUT2D eigenvalue weighted by atomic mass is 10.2. The predicted octanol–water partition coefficient (Wildman–Crippen LogP) is 3.49. The van der Waals surface area contributed by atoms with Crippen molar-refractivity contribution in [2.45, 2.75) is 26.8 Å². The Morgan fingerprint density at radius 2 is 1.65 bits per heavy atom. The standard InChI is InChI=1S/C21H26N2O3/c1-4-26-20-12-10-19(11-13-20)23(17(2)24)15-14-21(25)22(3)16-18-8-6-5-7-9-18/h5-13H,4,14-16H2,1-3H3. The molecule has 0 radical (unpaired) electrons. The minimum absolute atomic E-state index is 0.00559. The summed E-state index contributed by atoms with van der Waals surface area (Å²) in [6.45, 7) is 4.93. The van der Waals surface area contributed by atoms with Gasteiger partial charge in [-0.25, -0.2) is 0 Å². The van der Waals surface area contributed by atoms with Gasteiger partial charge in [0, 0.05) is 39.2 Å². The molecule has 2 aromatic rings. The SMILES string of the molecule is CCOc1ccc(N(CCC(=O)N(C)Cc2ccccc2)C(C)=O)cc1. The fourth-order valence-corrected chi connectivity index (χ4v) is 2.70. The maximum absolute atomic E-state index is 12.4. The summed E-state index contributed by atoms with van der Waals surface area (Å²) in [5, 5.41) is 0. The van der Waals surface area contributed by atoms with Crippen molar-refractivity contribution in [3.63, 3.8) is 0 Å². The fourth-order valence-electron chi connectivity index (χ4n) is 2.70. The van der Waals surface area contributed by atoms with Gasteiger partial charge in [-0.3, -0.25) is 9.59 Å². The summed E-state index contributed by atoms with van der Waals surface area (Å²) in [6, 6.07) is 17.2. The number of rotatable bonds is 8. The Hall–Kier alpha value is -2.82. The van der Waals surface area contributed by atoms with Gasteiger partial charge in [0.1, 0.15) is 5.75 Å². The van der Waals surface area contributed by atoms with Crippen molar-refractivity contribution in [3.05, 3.63) is 60.2 Å². The van der Waals surface area contributed by atoms with Crippen molar-refractivity contribution in [2.75, 3.05) is 25.1 Å². The van der Waals surface area contributed by atoms with Gasteiger partial charge in [0.15, 0.2) is 0 Å². The van der Waals surface area contributed by atoms with Gasteiger partial charge >= 0.3 is 0 Å². The third kappa shape index (κ3) is 5.62. The molecule has 0 saturated heterocycles. The molecule has 5 heteroatoms. The van der Waals surface area contributed by atoms with Crippen LogP contribution in [0.5, 0.6) is 5.75 Å². The maximum Gasteiger partial charge on any atom is 0.224 e. The quantitative estimate of drug-likeness (QED) is 0.729. The summed E-state index contributed by atoms with van der Waals surface area (Å²) < 4.78 is 5.42. The van der Waals surface area contributed by atoms with Crippen molar-refractivity contribution < 1.29 is 14.3 Å². The Morgan fingerprint density at radius 1 is 1.00 bits per heavy atom. The van der Waals surface area contributed by atoms with E-state index in [1.54, 1.807) is 16.8 Å². The van der Waals surface area contributed by atoms with E-state index < -0.39 is 0 Å². The molecule has 138 valence electrons. The minimum Gasteiger partial charge on any atom is -0.494 e. The molecule has 0 fully saturated rings. The van der Waals surface area contributed by atoms with Crippen molar-refractivity contribution in [3.8, 4) is 5.75 Å². The van der Waals surface area contributed by atoms with Crippen molar-refractivity contribution in [1.82, 2.24) is 4.90 Å². The molecule has 0 aliphatic rings. The van der Waals surface area contributed by atoms with E-state index in [1.165, 1.54) is 6.92 Å². The number of hydrogen-bond acceptors (Lipinski definition) is 3. The van der Waals surface area contributed by atoms with Crippen LogP contribution < -0.4 is 9.64 Å². The Morgan fingerprint density at radius 3 is 2.23 bits per heavy atom. The van der Waals surface area contributed by atoms with E-state index in [0.29, 0.717) is 19.7 Å². The molecule has 2 amide bonds. The lowest BCUT2D eigenvalue weighted by molar-refractivity contribution is -0.130. The maximum atomic E-state index is 12.4. The molecule has 0 bridgehead atoms. The average molecular weight is 354 g/mol. The summed E-state index contributed by atoms with van der Waals surface area (Å²) in [6.07, 6.45) is 0.274. The second kappa shape index (κ2) is 9.61. The number of benzene rings is 2. The highest BCUT2D eigenvalue weighted by Crippen LogP contribution is 2.20. The van der Waals surface area contributed by atoms with Gasteiger partial charge in [-0.05, 0) is 36.8 Å². The van der Waals surface area contributed by atoms with Crippen LogP contribution in [-0.4, -0.2) is 36.9 Å². The number of amides is 2. The lowest BCUT2D eigenvalue weighted by Gasteiger charge is -2.23. The minimum atomic E-state index is -0.0901. The molecule has 0 atom stereocenters. The second-order valence-corrected chi connectivity index (χ2v) is 6.08. The van der Waals surface area contributed by atoms with Crippen LogP contribution in [0.3, 0.4) is 0 Å². The molecular weight excluding hydrogens is 328 g/mol. The number of ether oxygens (including phenoxy) is 1. The smallest absolute Gasteiger partial charge is 0.224 e. The zero-order valence-electron chi connectivity index (χ0n) is 15.6. The first kappa shape index (κ1) is 19.5. The Bertz CT molecular complexity index is 714. The summed E-state index contributed by atoms with van der Waals surface area (Å²) in [4.78, 5) is 27.7. The molecule has 0 spiro atoms. The van der Waals surface area contributed by atoms with Crippen LogP contribution in [0.1, 0.15) is 25.8 Å². The monoisotopic (exact) mass is 354 g/mol. The van der Waals surface area contributed by atoms with Crippen LogP contribution in [0.15, 0.2) is 54.6 Å². The van der Waals surface area contributed by atoms with Gasteiger partial charge in [0.05, 0.1) is 6.61 Å². The van der Waals surface area contributed by atoms with Crippen molar-refractivity contribution in [1.29, 1.82) is 0 Å². The molecule has 2 aromatic carbocycles. The fraction of sp³-hybridized carbons (Fsp3) is 0.333. The molecule has 0 heterocycles. The van der Waals surface area contributed by atoms with Gasteiger partial charge in [0.2, 0.25) is 11.8 Å². The first-order valence-corrected chi connectivity index (χ1v) is 8.80. The van der Waals surface area contributed by atoms with Crippen LogP contribution in [-0.2, 0) is 16.1 Å². The number of hydrogen-bond donors (Lipinski definition) is 0. The highest BCUT2D eigenvalue weighted by molar-refractivity contribution is 5.92. The molecule has 0 aromatic heterocycles. The molecule has 0 saturated carbocycles. The highest BCUT2D eigenvalue weighted by atomic mass is 16.5. The Balaban J connectivity index is 1.95. The van der Waals surface area contributed by atoms with E-state index in [-0.39, 0.29) is 18.2 Å². The normalized spacial score (nSPS) is 10.3. The van der Waals surface area contributed by atoms with Gasteiger partial charge in [0.25, 0.3) is 0 Å². The van der Waals surface area contributed by atoms with E-state index in [0.717, 1.165) is 17.0 Å². The van der Waals surface area contributed by atoms with Crippen LogP contribution in [0, 0.1) is 0 Å². The number of carbonyl (C=O) groups is 2. The summed E-state index contributed by atoms with van der Waals surface area (Å²) in [5.74, 6) is 0.678. The Kier molecular flexibility index (Phi) is 7.21. The largest absolute Gasteiger partial charge is 0.494 e. The van der Waals surface area contributed by atoms with Crippen molar-refractivity contribution >= 4 is 17.5 Å². The van der Waals surface area contributed by atoms with E-state index in [4.69, 9.17) is 4.74 Å². The van der Waals surface area contributed by atoms with Gasteiger partial charge in [-0.1, -0.05) is 30.3 Å². The number of carbonyl (C=O) groups excluding carboxylic acids is 2. The molecule has 5 nitrogen and oxygen atoms in total. The topological polar surface area (TPSA) is 49.9 Å². The zero-order chi connectivity index (χ0) is 18.9. The first-order valence-electron chi connectivity index (χ1n) is 8.80. The van der Waals surface area contributed by atoms with Crippen molar-refractivity contribution in [2.24, 2.45) is 0 Å². The van der Waals surface area contributed by atoms with Gasteiger partial charge in [-0.2, -0.15) is 0 Å². The molecule has 2 rings (SSSR count). The van der Waals surface area contributed by atoms with Crippen LogP contribution in [0.4, 0.5) is 5.69 Å². The Labute approximate surface area is 155 Å². The van der Waals surface area contributed by atoms with Crippen LogP contribution in [0.25, 0.3) is 0 Å². The molecule has 0 N–H and O–H groups in total. The first-order chi connectivity index (χ1) is 12.5. The van der Waals surface area contributed by atoms with Crippen LogP contribution in [0.2, 0.25) is 0 Å². The van der Waals surface area contributed by atoms with E-state index in [9.17, 15) is 9.59 Å². The van der Waals surface area contributed by atoms with E-state index in [1.807, 2.05) is 61.5 Å². The average Bonchev–Trinajstić information content (AvgIpc) is 2.64. The predicted molar refractivity (Wildman–Crippen MR) is 103 cm³/mol. The molecule has 0 aliphatic carbocycles. The van der Waals surface area contributed by atoms with Gasteiger partial charge < -0.3 is 14.5 Å². The molecular formula is C21H26N2O3. The number of nitrogens with zero attached hydrogens (tertiary/aromatic N) is 2. The summed E-state index contributed by atoms with van der Waals surface area (Å²) in [5.41, 5.74) is 1.85. The third-order valence-electron chi connectivity index (χ3n) is 4.08.